The molecule has 1 unspecified atom stereocenters. The molecule has 1 N–H and O–H groups in total. The highest BCUT2D eigenvalue weighted by Gasteiger charge is 2.28. The Bertz CT molecular complexity index is 540. The molecule has 0 aliphatic heterocycles. The predicted molar refractivity (Wildman–Crippen MR) is 68.7 cm³/mol. The maximum absolute atomic E-state index is 13.6. The molecule has 1 aromatic carbocycles. The largest absolute Gasteiger partial charge is 0.384 e. The molecule has 0 aliphatic rings. The van der Waals surface area contributed by atoms with Gasteiger partial charge < -0.3 is 5.11 Å². The molecule has 1 nitrogen and oxygen atoms in total. The van der Waals surface area contributed by atoms with Crippen LogP contribution in [0.2, 0.25) is 0 Å². The third kappa shape index (κ3) is 2.60. The summed E-state index contributed by atoms with van der Waals surface area (Å²) in [7, 11) is 0. The van der Waals surface area contributed by atoms with Gasteiger partial charge in [0.25, 0.3) is 0 Å². The summed E-state index contributed by atoms with van der Waals surface area (Å²) in [5, 5.41) is 10.4. The lowest BCUT2D eigenvalue weighted by Crippen LogP contribution is -2.24. The fraction of sp³-hybridized carbons (Fsp3) is 0.286. The third-order valence-electron chi connectivity index (χ3n) is 2.85. The molecular weight excluding hydrogens is 254 g/mol. The number of aliphatic hydroxyl groups is 1. The van der Waals surface area contributed by atoms with Crippen LogP contribution in [0.3, 0.4) is 0 Å². The van der Waals surface area contributed by atoms with Gasteiger partial charge in [-0.25, -0.2) is 8.78 Å². The summed E-state index contributed by atoms with van der Waals surface area (Å²) in [6.45, 7) is 3.50. The maximum atomic E-state index is 13.6. The molecule has 4 heteroatoms. The van der Waals surface area contributed by atoms with Gasteiger partial charge in [0.2, 0.25) is 0 Å². The molecule has 18 heavy (non-hydrogen) atoms. The van der Waals surface area contributed by atoms with Gasteiger partial charge in [-0.1, -0.05) is 6.07 Å². The highest BCUT2D eigenvalue weighted by atomic mass is 32.1. The summed E-state index contributed by atoms with van der Waals surface area (Å²) >= 11 is 1.43. The van der Waals surface area contributed by atoms with Crippen LogP contribution in [0.4, 0.5) is 8.78 Å². The van der Waals surface area contributed by atoms with Crippen LogP contribution in [-0.4, -0.2) is 5.11 Å². The second kappa shape index (κ2) is 4.78. The Morgan fingerprint density at radius 3 is 2.28 bits per heavy atom. The van der Waals surface area contributed by atoms with Crippen LogP contribution in [0.1, 0.15) is 22.2 Å². The molecule has 0 aliphatic carbocycles. The predicted octanol–water partition coefficient (Wildman–Crippen LogP) is 3.78. The molecular formula is C14H14F2OS. The van der Waals surface area contributed by atoms with Crippen LogP contribution in [0.15, 0.2) is 30.3 Å². The summed E-state index contributed by atoms with van der Waals surface area (Å²) in [4.78, 5) is 1.77. The number of rotatable bonds is 3. The van der Waals surface area contributed by atoms with Crippen molar-refractivity contribution in [2.75, 3.05) is 0 Å². The van der Waals surface area contributed by atoms with E-state index in [2.05, 4.69) is 0 Å². The Kier molecular flexibility index (Phi) is 3.50. The maximum Gasteiger partial charge on any atom is 0.129 e. The van der Waals surface area contributed by atoms with Gasteiger partial charge in [0.15, 0.2) is 0 Å². The zero-order valence-corrected chi connectivity index (χ0v) is 11.0. The lowest BCUT2D eigenvalue weighted by molar-refractivity contribution is 0.0595. The Hall–Kier alpha value is -1.26. The summed E-state index contributed by atoms with van der Waals surface area (Å²) < 4.78 is 27.1. The van der Waals surface area contributed by atoms with Gasteiger partial charge in [0, 0.05) is 21.7 Å². The highest BCUT2D eigenvalue weighted by molar-refractivity contribution is 7.12. The zero-order chi connectivity index (χ0) is 13.3. The zero-order valence-electron chi connectivity index (χ0n) is 10.2. The molecule has 1 heterocycles. The number of aryl methyl sites for hydroxylation is 1. The van der Waals surface area contributed by atoms with Crippen molar-refractivity contribution >= 4 is 11.3 Å². The van der Waals surface area contributed by atoms with Crippen LogP contribution in [0.25, 0.3) is 0 Å². The summed E-state index contributed by atoms with van der Waals surface area (Å²) in [5.74, 6) is -1.24. The van der Waals surface area contributed by atoms with Crippen molar-refractivity contribution in [1.82, 2.24) is 0 Å². The van der Waals surface area contributed by atoms with E-state index in [4.69, 9.17) is 0 Å². The van der Waals surface area contributed by atoms with Gasteiger partial charge in [0.05, 0.1) is 0 Å². The first kappa shape index (κ1) is 13.2. The topological polar surface area (TPSA) is 20.2 Å². The van der Waals surface area contributed by atoms with Gasteiger partial charge in [-0.05, 0) is 38.1 Å². The standard InChI is InChI=1S/C14H14F2OS/c1-9-6-7-13(18-9)14(2,17)8-10-11(15)4-3-5-12(10)16/h3-7,17H,8H2,1-2H3. The molecule has 0 fully saturated rings. The quantitative estimate of drug-likeness (QED) is 0.898. The smallest absolute Gasteiger partial charge is 0.129 e. The first-order valence-electron chi connectivity index (χ1n) is 5.62. The van der Waals surface area contributed by atoms with E-state index in [0.29, 0.717) is 4.88 Å². The lowest BCUT2D eigenvalue weighted by atomic mass is 9.94. The molecule has 0 amide bonds. The number of benzene rings is 1. The number of hydrogen-bond donors (Lipinski definition) is 1. The van der Waals surface area contributed by atoms with E-state index in [-0.39, 0.29) is 12.0 Å². The van der Waals surface area contributed by atoms with E-state index in [1.165, 1.54) is 29.5 Å². The minimum Gasteiger partial charge on any atom is -0.384 e. The number of thiophene rings is 1. The van der Waals surface area contributed by atoms with Crippen LogP contribution < -0.4 is 0 Å². The molecule has 1 aromatic heterocycles. The van der Waals surface area contributed by atoms with Crippen LogP contribution in [0, 0.1) is 18.6 Å². The minimum absolute atomic E-state index is 0.0754. The Morgan fingerprint density at radius 1 is 1.17 bits per heavy atom. The van der Waals surface area contributed by atoms with Gasteiger partial charge in [-0.2, -0.15) is 0 Å². The molecule has 0 spiro atoms. The molecule has 96 valence electrons. The molecule has 2 rings (SSSR count). The first-order valence-corrected chi connectivity index (χ1v) is 6.44. The van der Waals surface area contributed by atoms with Crippen LogP contribution in [0.5, 0.6) is 0 Å². The van der Waals surface area contributed by atoms with Crippen molar-refractivity contribution in [2.24, 2.45) is 0 Å². The van der Waals surface area contributed by atoms with Crippen molar-refractivity contribution < 1.29 is 13.9 Å². The van der Waals surface area contributed by atoms with Crippen molar-refractivity contribution in [3.8, 4) is 0 Å². The number of halogens is 2. The third-order valence-corrected chi connectivity index (χ3v) is 4.11. The summed E-state index contributed by atoms with van der Waals surface area (Å²) in [6.07, 6.45) is -0.0779. The Labute approximate surface area is 109 Å². The molecule has 0 saturated carbocycles. The van der Waals surface area contributed by atoms with Gasteiger partial charge in [-0.3, -0.25) is 0 Å². The van der Waals surface area contributed by atoms with E-state index in [9.17, 15) is 13.9 Å². The second-order valence-corrected chi connectivity index (χ2v) is 5.85. The van der Waals surface area contributed by atoms with E-state index < -0.39 is 17.2 Å². The summed E-state index contributed by atoms with van der Waals surface area (Å²) in [6, 6.07) is 7.39. The van der Waals surface area contributed by atoms with Gasteiger partial charge >= 0.3 is 0 Å². The van der Waals surface area contributed by atoms with Gasteiger partial charge in [-0.15, -0.1) is 11.3 Å². The van der Waals surface area contributed by atoms with Gasteiger partial charge in [0.1, 0.15) is 17.2 Å². The van der Waals surface area contributed by atoms with Crippen molar-refractivity contribution in [1.29, 1.82) is 0 Å². The summed E-state index contributed by atoms with van der Waals surface area (Å²) in [5.41, 5.74) is -1.34. The van der Waals surface area contributed by atoms with Crippen molar-refractivity contribution in [2.45, 2.75) is 25.9 Å². The molecule has 2 aromatic rings. The first-order chi connectivity index (χ1) is 8.40. The molecule has 0 bridgehead atoms. The monoisotopic (exact) mass is 268 g/mol. The van der Waals surface area contributed by atoms with E-state index in [0.717, 1.165) is 4.88 Å². The lowest BCUT2D eigenvalue weighted by Gasteiger charge is -2.22. The fourth-order valence-electron chi connectivity index (χ4n) is 1.86. The van der Waals surface area contributed by atoms with Crippen molar-refractivity contribution in [3.63, 3.8) is 0 Å². The van der Waals surface area contributed by atoms with Crippen molar-refractivity contribution in [3.05, 3.63) is 57.3 Å². The molecule has 0 saturated heterocycles. The van der Waals surface area contributed by atoms with Crippen LogP contribution in [-0.2, 0) is 12.0 Å². The SMILES string of the molecule is Cc1ccc(C(C)(O)Cc2c(F)cccc2F)s1. The minimum atomic E-state index is -1.26. The normalized spacial score (nSPS) is 14.5. The Morgan fingerprint density at radius 2 is 1.78 bits per heavy atom. The van der Waals surface area contributed by atoms with E-state index in [1.54, 1.807) is 13.0 Å². The second-order valence-electron chi connectivity index (χ2n) is 4.56. The fourth-order valence-corrected chi connectivity index (χ4v) is 2.77. The van der Waals surface area contributed by atoms with E-state index >= 15 is 0 Å². The molecule has 0 radical (unpaired) electrons. The highest BCUT2D eigenvalue weighted by Crippen LogP contribution is 2.32. The van der Waals surface area contributed by atoms with E-state index in [1.807, 2.05) is 13.0 Å². The van der Waals surface area contributed by atoms with Crippen LogP contribution >= 0.6 is 11.3 Å². The average Bonchev–Trinajstić information content (AvgIpc) is 2.71. The number of hydrogen-bond acceptors (Lipinski definition) is 2. The Balaban J connectivity index is 2.33. The molecule has 1 atom stereocenters. The average molecular weight is 268 g/mol.